The van der Waals surface area contributed by atoms with Crippen molar-refractivity contribution in [3.8, 4) is 0 Å². The molecule has 25 heavy (non-hydrogen) atoms. The molecule has 2 N–H and O–H groups in total. The van der Waals surface area contributed by atoms with Gasteiger partial charge in [-0.25, -0.2) is 0 Å². The molecule has 0 saturated carbocycles. The summed E-state index contributed by atoms with van der Waals surface area (Å²) in [5.74, 6) is -1.05. The van der Waals surface area contributed by atoms with Crippen LogP contribution in [0.15, 0.2) is 0 Å². The van der Waals surface area contributed by atoms with Gasteiger partial charge in [0.05, 0.1) is 0 Å². The molecule has 0 spiro atoms. The minimum absolute atomic E-state index is 0.162. The van der Waals surface area contributed by atoms with E-state index in [1.54, 1.807) is 0 Å². The first-order valence-corrected chi connectivity index (χ1v) is 9.26. The van der Waals surface area contributed by atoms with Crippen molar-refractivity contribution in [2.45, 2.75) is 56.8 Å². The smallest absolute Gasteiger partial charge is 0.318 e. The van der Waals surface area contributed by atoms with Gasteiger partial charge in [0.1, 0.15) is 18.6 Å². The van der Waals surface area contributed by atoms with Crippen LogP contribution in [-0.2, 0) is 19.1 Å². The molecule has 6 rings (SSSR count). The fourth-order valence-electron chi connectivity index (χ4n) is 4.69. The van der Waals surface area contributed by atoms with Crippen LogP contribution in [0.25, 0.3) is 0 Å². The summed E-state index contributed by atoms with van der Waals surface area (Å²) in [7, 11) is 0. The van der Waals surface area contributed by atoms with Gasteiger partial charge in [-0.15, -0.1) is 0 Å². The number of rotatable bonds is 4. The second kappa shape index (κ2) is 6.83. The summed E-state index contributed by atoms with van der Waals surface area (Å²) in [5, 5.41) is 20.5. The molecule has 4 atom stereocenters. The topological polar surface area (TPSA) is 99.5 Å². The van der Waals surface area contributed by atoms with Crippen molar-refractivity contribution < 1.29 is 29.3 Å². The second-order valence-electron chi connectivity index (χ2n) is 7.67. The lowest BCUT2D eigenvalue weighted by Gasteiger charge is -2.48. The molecule has 140 valence electrons. The van der Waals surface area contributed by atoms with Gasteiger partial charge in [0, 0.05) is 26.2 Å². The van der Waals surface area contributed by atoms with Crippen molar-refractivity contribution in [3.05, 3.63) is 0 Å². The molecular weight excluding hydrogens is 328 g/mol. The number of fused-ring (bicyclic) bond motifs is 6. The van der Waals surface area contributed by atoms with Crippen LogP contribution >= 0.6 is 0 Å². The maximum atomic E-state index is 12.1. The Morgan fingerprint density at radius 3 is 1.44 bits per heavy atom. The summed E-state index contributed by atoms with van der Waals surface area (Å²) in [6.45, 7) is 3.20. The minimum atomic E-state index is -0.690. The number of ether oxygens (including phenoxy) is 2. The normalized spacial score (nSPS) is 45.2. The third-order valence-electron chi connectivity index (χ3n) is 6.21. The predicted octanol–water partition coefficient (Wildman–Crippen LogP) is -0.712. The summed E-state index contributed by atoms with van der Waals surface area (Å²) < 4.78 is 10.7. The van der Waals surface area contributed by atoms with E-state index < -0.39 is 43.0 Å². The average Bonchev–Trinajstić information content (AvgIpc) is 2.62. The van der Waals surface area contributed by atoms with E-state index >= 15 is 0 Å². The molecule has 0 radical (unpaired) electrons. The molecule has 0 aliphatic carbocycles. The van der Waals surface area contributed by atoms with Crippen LogP contribution in [0.5, 0.6) is 0 Å². The number of carbonyl (C=O) groups is 2. The van der Waals surface area contributed by atoms with Crippen LogP contribution in [0.2, 0.25) is 0 Å². The van der Waals surface area contributed by atoms with E-state index in [0.717, 1.165) is 51.9 Å². The largest absolute Gasteiger partial charge is 0.443 e. The van der Waals surface area contributed by atoms with E-state index in [1.807, 2.05) is 9.80 Å². The first-order valence-electron chi connectivity index (χ1n) is 9.26. The van der Waals surface area contributed by atoms with Gasteiger partial charge in [0.25, 0.3) is 0 Å². The van der Waals surface area contributed by atoms with Crippen LogP contribution in [0.4, 0.5) is 0 Å². The van der Waals surface area contributed by atoms with Gasteiger partial charge < -0.3 is 19.7 Å². The standard InChI is InChI=1S/C17H26N2O6/c20-12(24-16-14(22)10-1-5-18(16)6-2-10)9-13(21)25-17-15(23)11-3-7-19(17)8-4-11/h10-11,14-17,22-23H,1-9H2. The van der Waals surface area contributed by atoms with Gasteiger partial charge in [-0.2, -0.15) is 0 Å². The van der Waals surface area contributed by atoms with Gasteiger partial charge in [-0.3, -0.25) is 19.4 Å². The highest BCUT2D eigenvalue weighted by Crippen LogP contribution is 2.34. The highest BCUT2D eigenvalue weighted by Gasteiger charge is 2.45. The average molecular weight is 354 g/mol. The number of hydrogen-bond donors (Lipinski definition) is 2. The number of piperidine rings is 6. The van der Waals surface area contributed by atoms with E-state index in [1.165, 1.54) is 0 Å². The van der Waals surface area contributed by atoms with E-state index in [0.29, 0.717) is 0 Å². The van der Waals surface area contributed by atoms with Crippen molar-refractivity contribution in [1.82, 2.24) is 9.80 Å². The van der Waals surface area contributed by atoms with Crippen LogP contribution in [-0.4, -0.2) is 82.8 Å². The molecular formula is C17H26N2O6. The summed E-state index contributed by atoms with van der Waals surface area (Å²) in [6, 6.07) is 0. The Hall–Kier alpha value is -1.22. The Bertz CT molecular complexity index is 477. The molecule has 6 saturated heterocycles. The lowest BCUT2D eigenvalue weighted by atomic mass is 9.84. The highest BCUT2D eigenvalue weighted by atomic mass is 16.6. The van der Waals surface area contributed by atoms with Crippen molar-refractivity contribution >= 4 is 11.9 Å². The number of aliphatic hydroxyl groups is 2. The van der Waals surface area contributed by atoms with Gasteiger partial charge >= 0.3 is 11.9 Å². The van der Waals surface area contributed by atoms with E-state index in [4.69, 9.17) is 9.47 Å². The number of aliphatic hydroxyl groups excluding tert-OH is 2. The molecule has 0 aromatic heterocycles. The molecule has 8 heteroatoms. The molecule has 6 fully saturated rings. The van der Waals surface area contributed by atoms with Gasteiger partial charge in [0.2, 0.25) is 0 Å². The van der Waals surface area contributed by atoms with Crippen molar-refractivity contribution in [3.63, 3.8) is 0 Å². The van der Waals surface area contributed by atoms with E-state index in [2.05, 4.69) is 0 Å². The minimum Gasteiger partial charge on any atom is -0.443 e. The summed E-state index contributed by atoms with van der Waals surface area (Å²) in [4.78, 5) is 28.1. The summed E-state index contributed by atoms with van der Waals surface area (Å²) in [5.41, 5.74) is 0. The first-order chi connectivity index (χ1) is 12.0. The van der Waals surface area contributed by atoms with Crippen LogP contribution in [0, 0.1) is 11.8 Å². The van der Waals surface area contributed by atoms with Crippen LogP contribution < -0.4 is 0 Å². The molecule has 4 bridgehead atoms. The maximum Gasteiger partial charge on any atom is 0.318 e. The van der Waals surface area contributed by atoms with E-state index in [-0.39, 0.29) is 11.8 Å². The van der Waals surface area contributed by atoms with Crippen molar-refractivity contribution in [2.75, 3.05) is 26.2 Å². The van der Waals surface area contributed by atoms with Crippen molar-refractivity contribution in [1.29, 1.82) is 0 Å². The fraction of sp³-hybridized carbons (Fsp3) is 0.882. The van der Waals surface area contributed by atoms with Gasteiger partial charge in [-0.1, -0.05) is 0 Å². The fourth-order valence-corrected chi connectivity index (χ4v) is 4.69. The lowest BCUT2D eigenvalue weighted by molar-refractivity contribution is -0.209. The summed E-state index contributed by atoms with van der Waals surface area (Å²) >= 11 is 0. The SMILES string of the molecule is O=C(CC(=O)OC1C(O)C2CCN1CC2)OC1C(O)C2CCN1CC2. The Labute approximate surface area is 146 Å². The zero-order chi connectivity index (χ0) is 17.6. The predicted molar refractivity (Wildman–Crippen MR) is 85.0 cm³/mol. The Kier molecular flexibility index (Phi) is 4.70. The quantitative estimate of drug-likeness (QED) is 0.504. The van der Waals surface area contributed by atoms with Crippen LogP contribution in [0.1, 0.15) is 32.1 Å². The Morgan fingerprint density at radius 2 is 1.12 bits per heavy atom. The second-order valence-corrected chi connectivity index (χ2v) is 7.67. The monoisotopic (exact) mass is 354 g/mol. The Morgan fingerprint density at radius 1 is 0.760 bits per heavy atom. The van der Waals surface area contributed by atoms with Gasteiger partial charge in [0.15, 0.2) is 12.5 Å². The third kappa shape index (κ3) is 3.28. The molecule has 0 aromatic rings. The van der Waals surface area contributed by atoms with Crippen LogP contribution in [0.3, 0.4) is 0 Å². The number of esters is 2. The maximum absolute atomic E-state index is 12.1. The molecule has 0 aromatic carbocycles. The summed E-state index contributed by atoms with van der Waals surface area (Å²) in [6.07, 6.45) is 0.446. The Balaban J connectivity index is 1.28. The number of nitrogens with zero attached hydrogens (tertiary/aromatic N) is 2. The van der Waals surface area contributed by atoms with E-state index in [9.17, 15) is 19.8 Å². The number of hydrogen-bond acceptors (Lipinski definition) is 8. The molecule has 6 aliphatic rings. The molecule has 6 aliphatic heterocycles. The molecule has 8 nitrogen and oxygen atoms in total. The van der Waals surface area contributed by atoms with Crippen molar-refractivity contribution in [2.24, 2.45) is 11.8 Å². The zero-order valence-electron chi connectivity index (χ0n) is 14.2. The lowest BCUT2D eigenvalue weighted by Crippen LogP contribution is -2.60. The third-order valence-corrected chi connectivity index (χ3v) is 6.21. The molecule has 6 heterocycles. The number of carbonyl (C=O) groups excluding carboxylic acids is 2. The highest BCUT2D eigenvalue weighted by molar-refractivity contribution is 5.91. The zero-order valence-corrected chi connectivity index (χ0v) is 14.2. The first kappa shape index (κ1) is 17.2. The molecule has 0 amide bonds. The molecule has 4 unspecified atom stereocenters. The van der Waals surface area contributed by atoms with Gasteiger partial charge in [-0.05, 0) is 37.5 Å².